The Morgan fingerprint density at radius 1 is 1.32 bits per heavy atom. The van der Waals surface area contributed by atoms with Crippen LogP contribution < -0.4 is 0 Å². The number of benzene rings is 1. The van der Waals surface area contributed by atoms with Crippen molar-refractivity contribution in [2.24, 2.45) is 5.41 Å². The van der Waals surface area contributed by atoms with Gasteiger partial charge in [0, 0.05) is 17.7 Å². The summed E-state index contributed by atoms with van der Waals surface area (Å²) in [6.07, 6.45) is 4.82. The number of halogens is 1. The van der Waals surface area contributed by atoms with E-state index in [1.54, 1.807) is 38.2 Å². The van der Waals surface area contributed by atoms with Crippen molar-refractivity contribution in [1.29, 1.82) is 0 Å². The van der Waals surface area contributed by atoms with Gasteiger partial charge in [-0.05, 0) is 31.7 Å². The van der Waals surface area contributed by atoms with Crippen LogP contribution in [0.1, 0.15) is 30.9 Å². The minimum absolute atomic E-state index is 0.333. The molecule has 4 nitrogen and oxygen atoms in total. The van der Waals surface area contributed by atoms with Crippen LogP contribution >= 0.6 is 11.8 Å². The van der Waals surface area contributed by atoms with E-state index in [1.807, 2.05) is 6.26 Å². The molecular formula is C16H17FN2O2S. The third-order valence-electron chi connectivity index (χ3n) is 3.70. The Morgan fingerprint density at radius 2 is 2.00 bits per heavy atom. The molecule has 0 spiro atoms. The van der Waals surface area contributed by atoms with Gasteiger partial charge in [0.15, 0.2) is 0 Å². The van der Waals surface area contributed by atoms with E-state index < -0.39 is 23.1 Å². The first-order valence-electron chi connectivity index (χ1n) is 6.71. The van der Waals surface area contributed by atoms with Crippen LogP contribution in [0, 0.1) is 11.2 Å². The average Bonchev–Trinajstić information content (AvgIpc) is 2.49. The van der Waals surface area contributed by atoms with Crippen LogP contribution in [0.25, 0.3) is 0 Å². The van der Waals surface area contributed by atoms with E-state index in [0.29, 0.717) is 16.2 Å². The van der Waals surface area contributed by atoms with Crippen LogP contribution in [-0.2, 0) is 4.79 Å². The molecule has 0 saturated heterocycles. The highest BCUT2D eigenvalue weighted by Crippen LogP contribution is 2.44. The highest BCUT2D eigenvalue weighted by molar-refractivity contribution is 7.98. The highest BCUT2D eigenvalue weighted by atomic mass is 32.2. The molecule has 6 heteroatoms. The molecule has 1 heterocycles. The fourth-order valence-electron chi connectivity index (χ4n) is 2.48. The first-order chi connectivity index (χ1) is 10.4. The minimum Gasteiger partial charge on any atom is -0.481 e. The molecule has 22 heavy (non-hydrogen) atoms. The van der Waals surface area contributed by atoms with Crippen molar-refractivity contribution in [3.63, 3.8) is 0 Å². The maximum Gasteiger partial charge on any atom is 0.310 e. The maximum absolute atomic E-state index is 14.3. The summed E-state index contributed by atoms with van der Waals surface area (Å²) >= 11 is 1.39. The lowest BCUT2D eigenvalue weighted by Gasteiger charge is -2.32. The number of carboxylic acids is 1. The summed E-state index contributed by atoms with van der Waals surface area (Å²) in [5, 5.41) is 10.3. The predicted molar refractivity (Wildman–Crippen MR) is 83.5 cm³/mol. The Labute approximate surface area is 132 Å². The van der Waals surface area contributed by atoms with Gasteiger partial charge in [-0.1, -0.05) is 18.2 Å². The molecule has 0 aliphatic carbocycles. The van der Waals surface area contributed by atoms with Gasteiger partial charge in [-0.25, -0.2) is 14.4 Å². The number of carboxylic acid groups (broad SMARTS) is 1. The number of rotatable bonds is 5. The molecule has 1 N–H and O–H groups in total. The molecule has 1 atom stereocenters. The van der Waals surface area contributed by atoms with E-state index in [0.717, 1.165) is 0 Å². The van der Waals surface area contributed by atoms with Gasteiger partial charge in [0.2, 0.25) is 0 Å². The third kappa shape index (κ3) is 2.97. The molecule has 0 aliphatic heterocycles. The van der Waals surface area contributed by atoms with Gasteiger partial charge in [0.05, 0.1) is 5.41 Å². The van der Waals surface area contributed by atoms with Crippen LogP contribution in [-0.4, -0.2) is 27.3 Å². The minimum atomic E-state index is -1.21. The van der Waals surface area contributed by atoms with E-state index in [9.17, 15) is 14.3 Å². The van der Waals surface area contributed by atoms with Crippen LogP contribution in [0.5, 0.6) is 0 Å². The zero-order valence-electron chi connectivity index (χ0n) is 12.6. The van der Waals surface area contributed by atoms with E-state index in [-0.39, 0.29) is 0 Å². The number of hydrogen-bond donors (Lipinski definition) is 1. The second-order valence-corrected chi connectivity index (χ2v) is 6.26. The summed E-state index contributed by atoms with van der Waals surface area (Å²) in [5.41, 5.74) is -0.260. The lowest BCUT2D eigenvalue weighted by Crippen LogP contribution is -2.33. The average molecular weight is 320 g/mol. The highest BCUT2D eigenvalue weighted by Gasteiger charge is 2.41. The molecule has 116 valence electrons. The quantitative estimate of drug-likeness (QED) is 0.674. The summed E-state index contributed by atoms with van der Waals surface area (Å²) in [4.78, 5) is 19.9. The van der Waals surface area contributed by atoms with Gasteiger partial charge >= 0.3 is 5.97 Å². The Balaban J connectivity index is 2.72. The first kappa shape index (κ1) is 16.4. The molecule has 0 bridgehead atoms. The molecule has 0 aliphatic rings. The fraction of sp³-hybridized carbons (Fsp3) is 0.312. The Kier molecular flexibility index (Phi) is 4.81. The monoisotopic (exact) mass is 320 g/mol. The predicted octanol–water partition coefficient (Wildman–Crippen LogP) is 3.58. The lowest BCUT2D eigenvalue weighted by atomic mass is 9.71. The number of carbonyl (C=O) groups is 1. The molecule has 0 fully saturated rings. The number of hydrogen-bond acceptors (Lipinski definition) is 4. The summed E-state index contributed by atoms with van der Waals surface area (Å²) in [6.45, 7) is 3.17. The van der Waals surface area contributed by atoms with Gasteiger partial charge in [-0.15, -0.1) is 11.8 Å². The molecule has 1 unspecified atom stereocenters. The van der Waals surface area contributed by atoms with E-state index in [4.69, 9.17) is 0 Å². The van der Waals surface area contributed by atoms with E-state index in [1.165, 1.54) is 24.2 Å². The molecule has 1 aromatic heterocycles. The van der Waals surface area contributed by atoms with Gasteiger partial charge in [-0.3, -0.25) is 4.79 Å². The number of aromatic nitrogens is 2. The van der Waals surface area contributed by atoms with Crippen LogP contribution in [0.3, 0.4) is 0 Å². The molecule has 2 rings (SSSR count). The zero-order chi connectivity index (χ0) is 16.3. The molecule has 1 aromatic carbocycles. The summed E-state index contributed by atoms with van der Waals surface area (Å²) < 4.78 is 14.3. The van der Waals surface area contributed by atoms with Crippen LogP contribution in [0.4, 0.5) is 4.39 Å². The summed E-state index contributed by atoms with van der Waals surface area (Å²) in [5.74, 6) is -2.12. The van der Waals surface area contributed by atoms with Gasteiger partial charge in [0.25, 0.3) is 0 Å². The van der Waals surface area contributed by atoms with E-state index in [2.05, 4.69) is 9.97 Å². The largest absolute Gasteiger partial charge is 0.481 e. The van der Waals surface area contributed by atoms with Crippen molar-refractivity contribution < 1.29 is 14.3 Å². The molecular weight excluding hydrogens is 303 g/mol. The SMILES string of the molecule is CSc1ncncc1C(c1ccccc1F)C(C)(C)C(=O)O. The Hall–Kier alpha value is -1.95. The summed E-state index contributed by atoms with van der Waals surface area (Å²) in [7, 11) is 0. The third-order valence-corrected chi connectivity index (χ3v) is 4.42. The van der Waals surface area contributed by atoms with Crippen molar-refractivity contribution in [2.75, 3.05) is 6.26 Å². The molecule has 2 aromatic rings. The zero-order valence-corrected chi connectivity index (χ0v) is 13.4. The number of nitrogens with zero attached hydrogens (tertiary/aromatic N) is 2. The summed E-state index contributed by atoms with van der Waals surface area (Å²) in [6, 6.07) is 6.23. The second-order valence-electron chi connectivity index (χ2n) is 5.47. The smallest absolute Gasteiger partial charge is 0.310 e. The fourth-order valence-corrected chi connectivity index (χ4v) is 3.03. The maximum atomic E-state index is 14.3. The topological polar surface area (TPSA) is 63.1 Å². The standard InChI is InChI=1S/C16H17FN2O2S/c1-16(2,15(20)21)13(10-6-4-5-7-12(10)17)11-8-18-9-19-14(11)22-3/h4-9,13H,1-3H3,(H,20,21). The van der Waals surface area contributed by atoms with Crippen molar-refractivity contribution >= 4 is 17.7 Å². The van der Waals surface area contributed by atoms with Crippen LogP contribution in [0.2, 0.25) is 0 Å². The molecule has 0 amide bonds. The van der Waals surface area contributed by atoms with Gasteiger partial charge in [-0.2, -0.15) is 0 Å². The van der Waals surface area contributed by atoms with Crippen LogP contribution in [0.15, 0.2) is 41.8 Å². The van der Waals surface area contributed by atoms with Crippen molar-refractivity contribution in [3.05, 3.63) is 53.7 Å². The second kappa shape index (κ2) is 6.44. The van der Waals surface area contributed by atoms with Crippen molar-refractivity contribution in [3.8, 4) is 0 Å². The molecule has 0 saturated carbocycles. The van der Waals surface area contributed by atoms with Crippen molar-refractivity contribution in [2.45, 2.75) is 24.8 Å². The van der Waals surface area contributed by atoms with E-state index >= 15 is 0 Å². The first-order valence-corrected chi connectivity index (χ1v) is 7.93. The number of aliphatic carboxylic acids is 1. The Bertz CT molecular complexity index is 691. The van der Waals surface area contributed by atoms with Crippen molar-refractivity contribution in [1.82, 2.24) is 9.97 Å². The molecule has 0 radical (unpaired) electrons. The lowest BCUT2D eigenvalue weighted by molar-refractivity contribution is -0.147. The van der Waals surface area contributed by atoms with Gasteiger partial charge in [0.1, 0.15) is 17.2 Å². The number of thioether (sulfide) groups is 1. The Morgan fingerprint density at radius 3 is 2.59 bits per heavy atom. The van der Waals surface area contributed by atoms with Gasteiger partial charge < -0.3 is 5.11 Å². The normalized spacial score (nSPS) is 12.9.